The molecular weight excluding hydrogens is 448 g/mol. The van der Waals surface area contributed by atoms with Gasteiger partial charge in [-0.2, -0.15) is 0 Å². The molecule has 0 aromatic rings. The van der Waals surface area contributed by atoms with Crippen LogP contribution in [0.25, 0.3) is 0 Å². The Morgan fingerprint density at radius 2 is 0.944 bits per heavy atom. The van der Waals surface area contributed by atoms with Gasteiger partial charge in [0.1, 0.15) is 11.2 Å². The number of hydrogen-bond acceptors (Lipinski definition) is 4. The van der Waals surface area contributed by atoms with Crippen LogP contribution < -0.4 is 0 Å². The third kappa shape index (κ3) is 4.89. The molecule has 4 heteroatoms. The second-order valence-electron chi connectivity index (χ2n) is 15.4. The van der Waals surface area contributed by atoms with Gasteiger partial charge < -0.3 is 9.47 Å². The van der Waals surface area contributed by atoms with Gasteiger partial charge in [0.25, 0.3) is 0 Å². The topological polar surface area (TPSA) is 52.6 Å². The highest BCUT2D eigenvalue weighted by Crippen LogP contribution is 2.66. The minimum Gasteiger partial charge on any atom is -0.459 e. The number of carbonyl (C=O) groups is 2. The van der Waals surface area contributed by atoms with Gasteiger partial charge in [-0.05, 0) is 127 Å². The lowest BCUT2D eigenvalue weighted by atomic mass is 9.44. The second-order valence-corrected chi connectivity index (χ2v) is 15.4. The Bertz CT molecular complexity index is 760. The molecule has 6 saturated carbocycles. The molecule has 0 N–H and O–H groups in total. The number of esters is 2. The van der Waals surface area contributed by atoms with Gasteiger partial charge in [-0.25, -0.2) is 0 Å². The standard InChI is InChI=1S/C32H52O4/c1-21-7-11-25(12-8-21)29(3,4)35-27(33)31-16-23-15-24(17-31)19-32(18-23,20-31)28(34)36-30(5,6)26-13-9-22(2)10-14-26/h21-26H,7-20H2,1-6H3. The Morgan fingerprint density at radius 1 is 0.611 bits per heavy atom. The first-order valence-electron chi connectivity index (χ1n) is 15.3. The molecule has 6 fully saturated rings. The van der Waals surface area contributed by atoms with Crippen molar-refractivity contribution in [1.82, 2.24) is 0 Å². The Labute approximate surface area is 220 Å². The van der Waals surface area contributed by atoms with Crippen LogP contribution in [0.5, 0.6) is 0 Å². The van der Waals surface area contributed by atoms with Crippen LogP contribution >= 0.6 is 0 Å². The highest BCUT2D eigenvalue weighted by atomic mass is 16.6. The lowest BCUT2D eigenvalue weighted by Gasteiger charge is -2.60. The summed E-state index contributed by atoms with van der Waals surface area (Å²) in [5.41, 5.74) is -1.86. The summed E-state index contributed by atoms with van der Waals surface area (Å²) in [4.78, 5) is 27.9. The highest BCUT2D eigenvalue weighted by molar-refractivity contribution is 5.83. The Hall–Kier alpha value is -1.06. The Morgan fingerprint density at radius 3 is 1.28 bits per heavy atom. The summed E-state index contributed by atoms with van der Waals surface area (Å²) in [6.07, 6.45) is 14.9. The molecule has 0 spiro atoms. The van der Waals surface area contributed by atoms with E-state index in [0.717, 1.165) is 69.6 Å². The second kappa shape index (κ2) is 9.30. The monoisotopic (exact) mass is 500 g/mol. The van der Waals surface area contributed by atoms with E-state index in [9.17, 15) is 9.59 Å². The van der Waals surface area contributed by atoms with E-state index in [4.69, 9.17) is 9.47 Å². The van der Waals surface area contributed by atoms with E-state index in [-0.39, 0.29) is 11.9 Å². The van der Waals surface area contributed by atoms with Gasteiger partial charge in [0, 0.05) is 0 Å². The van der Waals surface area contributed by atoms with E-state index in [1.807, 2.05) is 0 Å². The van der Waals surface area contributed by atoms with Crippen molar-refractivity contribution >= 4 is 11.9 Å². The molecule has 4 nitrogen and oxygen atoms in total. The average Bonchev–Trinajstić information content (AvgIpc) is 2.78. The third-order valence-corrected chi connectivity index (χ3v) is 11.6. The largest absolute Gasteiger partial charge is 0.459 e. The molecular formula is C32H52O4. The van der Waals surface area contributed by atoms with Crippen LogP contribution in [-0.4, -0.2) is 23.1 Å². The van der Waals surface area contributed by atoms with Crippen LogP contribution in [0, 0.1) is 46.3 Å². The summed E-state index contributed by atoms with van der Waals surface area (Å²) in [5, 5.41) is 0. The number of rotatable bonds is 6. The molecule has 0 aromatic carbocycles. The summed E-state index contributed by atoms with van der Waals surface area (Å²) < 4.78 is 12.9. The molecule has 4 bridgehead atoms. The van der Waals surface area contributed by atoms with Gasteiger partial charge in [-0.15, -0.1) is 0 Å². The number of ether oxygens (including phenoxy) is 2. The van der Waals surface area contributed by atoms with E-state index in [1.165, 1.54) is 25.7 Å². The first kappa shape index (κ1) is 26.5. The zero-order valence-corrected chi connectivity index (χ0v) is 24.0. The van der Waals surface area contributed by atoms with Gasteiger partial charge in [-0.3, -0.25) is 9.59 Å². The molecule has 36 heavy (non-hydrogen) atoms. The predicted molar refractivity (Wildman–Crippen MR) is 142 cm³/mol. The van der Waals surface area contributed by atoms with Gasteiger partial charge in [0.05, 0.1) is 10.8 Å². The summed E-state index contributed by atoms with van der Waals surface area (Å²) in [7, 11) is 0. The van der Waals surface area contributed by atoms with E-state index >= 15 is 0 Å². The quantitative estimate of drug-likeness (QED) is 0.348. The zero-order valence-electron chi connectivity index (χ0n) is 24.0. The van der Waals surface area contributed by atoms with Crippen LogP contribution in [-0.2, 0) is 19.1 Å². The van der Waals surface area contributed by atoms with Gasteiger partial charge in [-0.1, -0.05) is 39.5 Å². The molecule has 0 aromatic heterocycles. The van der Waals surface area contributed by atoms with Crippen LogP contribution in [0.3, 0.4) is 0 Å². The predicted octanol–water partition coefficient (Wildman–Crippen LogP) is 7.87. The number of carbonyl (C=O) groups excluding carboxylic acids is 2. The maximum atomic E-state index is 14.0. The van der Waals surface area contributed by atoms with Gasteiger partial charge in [0.15, 0.2) is 0 Å². The minimum absolute atomic E-state index is 0.0158. The van der Waals surface area contributed by atoms with E-state index in [2.05, 4.69) is 41.5 Å². The van der Waals surface area contributed by atoms with Gasteiger partial charge >= 0.3 is 11.9 Å². The summed E-state index contributed by atoms with van der Waals surface area (Å²) in [6, 6.07) is 0. The van der Waals surface area contributed by atoms with Crippen molar-refractivity contribution in [2.75, 3.05) is 0 Å². The molecule has 0 unspecified atom stereocenters. The third-order valence-electron chi connectivity index (χ3n) is 11.6. The molecule has 0 heterocycles. The fourth-order valence-electron chi connectivity index (χ4n) is 9.51. The highest BCUT2D eigenvalue weighted by Gasteiger charge is 2.65. The molecule has 0 saturated heterocycles. The van der Waals surface area contributed by atoms with Crippen molar-refractivity contribution < 1.29 is 19.1 Å². The van der Waals surface area contributed by atoms with Crippen molar-refractivity contribution in [3.05, 3.63) is 0 Å². The average molecular weight is 501 g/mol. The number of hydrogen-bond donors (Lipinski definition) is 0. The fraction of sp³-hybridized carbons (Fsp3) is 0.938. The fourth-order valence-corrected chi connectivity index (χ4v) is 9.51. The van der Waals surface area contributed by atoms with Crippen molar-refractivity contribution in [2.45, 2.75) is 143 Å². The molecule has 6 rings (SSSR count). The summed E-state index contributed by atoms with van der Waals surface area (Å²) >= 11 is 0. The maximum absolute atomic E-state index is 14.0. The summed E-state index contributed by atoms with van der Waals surface area (Å²) in [6.45, 7) is 13.2. The van der Waals surface area contributed by atoms with Crippen LogP contribution in [0.1, 0.15) is 131 Å². The lowest BCUT2D eigenvalue weighted by Crippen LogP contribution is -2.60. The molecule has 0 aliphatic heterocycles. The summed E-state index contributed by atoms with van der Waals surface area (Å²) in [5.74, 6) is 3.29. The van der Waals surface area contributed by atoms with E-state index in [0.29, 0.717) is 30.1 Å². The van der Waals surface area contributed by atoms with Crippen molar-refractivity contribution in [3.8, 4) is 0 Å². The lowest BCUT2D eigenvalue weighted by molar-refractivity contribution is -0.211. The SMILES string of the molecule is CC1CCC(C(C)(C)OC(=O)C23CC4CC(C2)CC(C(=O)OC(C)(C)C2CCC(C)CC2)(C4)C3)CC1. The van der Waals surface area contributed by atoms with Crippen molar-refractivity contribution in [1.29, 1.82) is 0 Å². The molecule has 6 aliphatic rings. The van der Waals surface area contributed by atoms with Crippen molar-refractivity contribution in [2.24, 2.45) is 46.3 Å². The Kier molecular flexibility index (Phi) is 6.85. The molecule has 0 radical (unpaired) electrons. The Balaban J connectivity index is 1.30. The normalized spacial score (nSPS) is 42.7. The van der Waals surface area contributed by atoms with Crippen molar-refractivity contribution in [3.63, 3.8) is 0 Å². The van der Waals surface area contributed by atoms with Crippen LogP contribution in [0.4, 0.5) is 0 Å². The van der Waals surface area contributed by atoms with E-state index < -0.39 is 22.0 Å². The zero-order chi connectivity index (χ0) is 25.9. The first-order chi connectivity index (χ1) is 16.8. The molecule has 6 aliphatic carbocycles. The van der Waals surface area contributed by atoms with Crippen LogP contribution in [0.15, 0.2) is 0 Å². The smallest absolute Gasteiger partial charge is 0.312 e. The first-order valence-corrected chi connectivity index (χ1v) is 15.3. The van der Waals surface area contributed by atoms with Gasteiger partial charge in [0.2, 0.25) is 0 Å². The molecule has 0 atom stereocenters. The molecule has 0 amide bonds. The maximum Gasteiger partial charge on any atom is 0.312 e. The van der Waals surface area contributed by atoms with Crippen LogP contribution in [0.2, 0.25) is 0 Å². The molecule has 204 valence electrons. The van der Waals surface area contributed by atoms with E-state index in [1.54, 1.807) is 0 Å². The minimum atomic E-state index is -0.493.